The number of furan rings is 1. The number of aliphatic hydroxyl groups excluding tert-OH is 1. The van der Waals surface area contributed by atoms with Gasteiger partial charge in [0.2, 0.25) is 6.29 Å². The molecule has 1 amide bonds. The van der Waals surface area contributed by atoms with Gasteiger partial charge in [0.25, 0.3) is 5.91 Å². The van der Waals surface area contributed by atoms with E-state index in [9.17, 15) is 5.11 Å². The van der Waals surface area contributed by atoms with Crippen LogP contribution in [0.1, 0.15) is 78.4 Å². The van der Waals surface area contributed by atoms with E-state index < -0.39 is 6.29 Å². The molecule has 8 rings (SSSR count). The number of piperidine rings is 1. The van der Waals surface area contributed by atoms with Crippen LogP contribution in [0.4, 0.5) is 0 Å². The average Bonchev–Trinajstić information content (AvgIpc) is 3.72. The lowest BCUT2D eigenvalue weighted by atomic mass is 9.72. The molecule has 12 heteroatoms. The van der Waals surface area contributed by atoms with Gasteiger partial charge in [-0.15, -0.1) is 0 Å². The number of carbonyl (C=O) groups excluding carboxylic acids is 1. The minimum absolute atomic E-state index is 0.0637. The predicted molar refractivity (Wildman–Crippen MR) is 222 cm³/mol. The van der Waals surface area contributed by atoms with E-state index in [2.05, 4.69) is 36.1 Å². The molecule has 0 radical (unpaired) electrons. The lowest BCUT2D eigenvalue weighted by Gasteiger charge is -2.49. The fraction of sp³-hybridized carbons (Fsp3) is 0.511. The Hall–Kier alpha value is -4.75. The van der Waals surface area contributed by atoms with Crippen molar-refractivity contribution in [3.63, 3.8) is 0 Å². The number of rotatable bonds is 15. The zero-order valence-corrected chi connectivity index (χ0v) is 34.9. The molecular weight excluding hydrogens is 753 g/mol. The monoisotopic (exact) mass is 810 g/mol. The molecule has 0 aliphatic carbocycles. The van der Waals surface area contributed by atoms with Gasteiger partial charge in [-0.1, -0.05) is 31.5 Å². The lowest BCUT2D eigenvalue weighted by molar-refractivity contribution is -0.158. The minimum atomic E-state index is -0.689. The predicted octanol–water partition coefficient (Wildman–Crippen LogP) is 7.37. The van der Waals surface area contributed by atoms with Gasteiger partial charge in [-0.3, -0.25) is 9.69 Å². The summed E-state index contributed by atoms with van der Waals surface area (Å²) >= 11 is 0. The van der Waals surface area contributed by atoms with Gasteiger partial charge in [-0.25, -0.2) is 0 Å². The Kier molecular flexibility index (Phi) is 12.7. The third-order valence-corrected chi connectivity index (χ3v) is 13.0. The van der Waals surface area contributed by atoms with Gasteiger partial charge in [0.05, 0.1) is 67.2 Å². The number of allylic oxidation sites excluding steroid dienone is 1. The van der Waals surface area contributed by atoms with Crippen LogP contribution in [0.2, 0.25) is 0 Å². The molecule has 0 spiro atoms. The Bertz CT molecular complexity index is 2130. The van der Waals surface area contributed by atoms with E-state index in [1.807, 2.05) is 35.2 Å². The smallest absolute Gasteiger partial charge is 0.289 e. The minimum Gasteiger partial charge on any atom is -0.493 e. The molecule has 59 heavy (non-hydrogen) atoms. The largest absolute Gasteiger partial charge is 0.493 e. The summed E-state index contributed by atoms with van der Waals surface area (Å²) < 4.78 is 47.3. The van der Waals surface area contributed by atoms with Gasteiger partial charge in [0, 0.05) is 49.0 Å². The number of amides is 1. The fourth-order valence-electron chi connectivity index (χ4n) is 10.0. The van der Waals surface area contributed by atoms with Gasteiger partial charge in [-0.2, -0.15) is 0 Å². The summed E-state index contributed by atoms with van der Waals surface area (Å²) in [6, 6.07) is 16.4. The Morgan fingerprint density at radius 3 is 2.24 bits per heavy atom. The second-order valence-electron chi connectivity index (χ2n) is 16.1. The summed E-state index contributed by atoms with van der Waals surface area (Å²) in [5, 5.41) is 10.2. The molecule has 1 fully saturated rings. The molecule has 0 bridgehead atoms. The molecule has 1 saturated heterocycles. The maximum Gasteiger partial charge on any atom is 0.289 e. The molecule has 1 N–H and O–H groups in total. The van der Waals surface area contributed by atoms with Crippen molar-refractivity contribution in [2.45, 2.75) is 69.7 Å². The van der Waals surface area contributed by atoms with Crippen molar-refractivity contribution in [1.82, 2.24) is 9.80 Å². The van der Waals surface area contributed by atoms with Gasteiger partial charge < -0.3 is 47.6 Å². The molecule has 3 aromatic carbocycles. The number of hydrogen-bond donors (Lipinski definition) is 1. The Balaban J connectivity index is 1.14. The summed E-state index contributed by atoms with van der Waals surface area (Å²) in [6.07, 6.45) is 7.97. The van der Waals surface area contributed by atoms with Crippen LogP contribution < -0.4 is 18.9 Å². The number of methoxy groups -OCH3 is 4. The highest BCUT2D eigenvalue weighted by Crippen LogP contribution is 2.50. The van der Waals surface area contributed by atoms with E-state index in [1.54, 1.807) is 34.7 Å². The Morgan fingerprint density at radius 2 is 1.51 bits per heavy atom. The van der Waals surface area contributed by atoms with Crippen LogP contribution in [0.5, 0.6) is 23.0 Å². The molecule has 4 aliphatic rings. The first-order valence-corrected chi connectivity index (χ1v) is 21.1. The quantitative estimate of drug-likeness (QED) is 0.121. The standard InChI is InChI=1S/C47H58N2O10/c1-6-29-27-48-13-11-30-21-41(52-2)43(54-4)25-35(30)38(48)19-32(29)20-39-36-26-44(55-5)42(53-3)22-31(36)12-14-49(39)47(51)45-23-33(24-46(59-45)57-18-17-56-16-15-50)37-28-58-40-10-8-7-9-34(37)40/h7-10,21-23,25-26,28-29,32-33,38-39,46,50H,6,11-20,24,27H2,1-5H3/t29-,32+,33+,38-,39+,46-/m0/s1. The van der Waals surface area contributed by atoms with Crippen molar-refractivity contribution in [1.29, 1.82) is 0 Å². The van der Waals surface area contributed by atoms with E-state index in [0.29, 0.717) is 49.3 Å². The SMILES string of the molecule is CC[C@H]1CN2CCc3cc(OC)c(OC)cc3[C@@H]2C[C@@H]1C[C@@H]1c2cc(OC)c(OC)cc2CCN1C(=O)C1=C[C@@H](c2coc3ccccc23)C[C@@H](OCCOCCO)O1. The number of carbonyl (C=O) groups is 1. The van der Waals surface area contributed by atoms with E-state index in [1.165, 1.54) is 11.1 Å². The van der Waals surface area contributed by atoms with Crippen LogP contribution >= 0.6 is 0 Å². The number of hydrogen-bond acceptors (Lipinski definition) is 11. The molecule has 12 nitrogen and oxygen atoms in total. The third kappa shape index (κ3) is 8.24. The Morgan fingerprint density at radius 1 is 0.814 bits per heavy atom. The number of ether oxygens (including phenoxy) is 7. The van der Waals surface area contributed by atoms with Crippen LogP contribution in [0.25, 0.3) is 11.0 Å². The fourth-order valence-corrected chi connectivity index (χ4v) is 10.0. The average molecular weight is 811 g/mol. The molecule has 1 aromatic heterocycles. The second-order valence-corrected chi connectivity index (χ2v) is 16.1. The molecule has 0 unspecified atom stereocenters. The summed E-state index contributed by atoms with van der Waals surface area (Å²) in [5.41, 5.74) is 6.63. The first-order valence-electron chi connectivity index (χ1n) is 21.1. The van der Waals surface area contributed by atoms with E-state index in [-0.39, 0.29) is 49.5 Å². The highest BCUT2D eigenvalue weighted by atomic mass is 16.7. The summed E-state index contributed by atoms with van der Waals surface area (Å²) in [6.45, 7) is 5.53. The van der Waals surface area contributed by atoms with Crippen molar-refractivity contribution in [2.24, 2.45) is 11.8 Å². The van der Waals surface area contributed by atoms with Crippen LogP contribution in [-0.4, -0.2) is 102 Å². The van der Waals surface area contributed by atoms with E-state index in [0.717, 1.165) is 77.9 Å². The van der Waals surface area contributed by atoms with Crippen LogP contribution in [0.3, 0.4) is 0 Å². The molecular formula is C47H58N2O10. The van der Waals surface area contributed by atoms with Crippen molar-refractivity contribution >= 4 is 16.9 Å². The second kappa shape index (κ2) is 18.3. The normalized spacial score (nSPS) is 24.0. The number of benzene rings is 3. The molecule has 6 atom stereocenters. The topological polar surface area (TPSA) is 122 Å². The highest BCUT2D eigenvalue weighted by molar-refractivity contribution is 5.93. The number of aliphatic hydroxyl groups is 1. The first kappa shape index (κ1) is 41.0. The molecule has 5 heterocycles. The molecule has 316 valence electrons. The van der Waals surface area contributed by atoms with E-state index >= 15 is 4.79 Å². The van der Waals surface area contributed by atoms with Gasteiger partial charge in [0.15, 0.2) is 28.8 Å². The van der Waals surface area contributed by atoms with Crippen molar-refractivity contribution < 1.29 is 47.5 Å². The third-order valence-electron chi connectivity index (χ3n) is 13.0. The lowest BCUT2D eigenvalue weighted by Crippen LogP contribution is -2.48. The van der Waals surface area contributed by atoms with Crippen LogP contribution in [0.15, 0.2) is 71.0 Å². The maximum absolute atomic E-state index is 15.2. The summed E-state index contributed by atoms with van der Waals surface area (Å²) in [4.78, 5) is 19.9. The maximum atomic E-state index is 15.2. The molecule has 4 aromatic rings. The number of para-hydroxylation sites is 1. The van der Waals surface area contributed by atoms with Gasteiger partial charge >= 0.3 is 0 Å². The van der Waals surface area contributed by atoms with Gasteiger partial charge in [0.1, 0.15) is 5.58 Å². The zero-order chi connectivity index (χ0) is 41.0. The summed E-state index contributed by atoms with van der Waals surface area (Å²) in [7, 11) is 6.71. The van der Waals surface area contributed by atoms with E-state index in [4.69, 9.17) is 37.6 Å². The van der Waals surface area contributed by atoms with Crippen molar-refractivity contribution in [3.8, 4) is 23.0 Å². The van der Waals surface area contributed by atoms with Crippen LogP contribution in [0, 0.1) is 11.8 Å². The number of nitrogens with zero attached hydrogens (tertiary/aromatic N) is 2. The van der Waals surface area contributed by atoms with Crippen molar-refractivity contribution in [3.05, 3.63) is 94.4 Å². The van der Waals surface area contributed by atoms with Crippen LogP contribution in [-0.2, 0) is 31.8 Å². The number of fused-ring (bicyclic) bond motifs is 5. The highest BCUT2D eigenvalue weighted by Gasteiger charge is 2.43. The van der Waals surface area contributed by atoms with Gasteiger partial charge in [-0.05, 0) is 96.2 Å². The molecule has 4 aliphatic heterocycles. The van der Waals surface area contributed by atoms with Crippen molar-refractivity contribution in [2.75, 3.05) is 74.5 Å². The Labute approximate surface area is 346 Å². The first-order chi connectivity index (χ1) is 28.9. The zero-order valence-electron chi connectivity index (χ0n) is 34.9. The summed E-state index contributed by atoms with van der Waals surface area (Å²) in [5.74, 6) is 3.53. The molecule has 0 saturated carbocycles.